The first-order valence-electron chi connectivity index (χ1n) is 8.96. The van der Waals surface area contributed by atoms with Crippen molar-refractivity contribution in [2.75, 3.05) is 0 Å². The summed E-state index contributed by atoms with van der Waals surface area (Å²) >= 11 is 1.91. The number of benzene rings is 1. The summed E-state index contributed by atoms with van der Waals surface area (Å²) in [4.78, 5) is 14.1. The SMILES string of the molecule is CCCc1cc2c(s1)CN[C@@H]1CCc3cc(OC(C)=O)c(O)cc3[C@@H]21. The van der Waals surface area contributed by atoms with Gasteiger partial charge in [-0.3, -0.25) is 4.79 Å². The van der Waals surface area contributed by atoms with Crippen molar-refractivity contribution in [3.8, 4) is 11.5 Å². The van der Waals surface area contributed by atoms with Crippen LogP contribution in [0.3, 0.4) is 0 Å². The van der Waals surface area contributed by atoms with Crippen LogP contribution in [0.2, 0.25) is 0 Å². The van der Waals surface area contributed by atoms with Crippen LogP contribution in [0.15, 0.2) is 18.2 Å². The van der Waals surface area contributed by atoms with Gasteiger partial charge in [0.25, 0.3) is 0 Å². The molecule has 0 amide bonds. The molecule has 25 heavy (non-hydrogen) atoms. The average molecular weight is 357 g/mol. The molecule has 0 saturated heterocycles. The van der Waals surface area contributed by atoms with Crippen LogP contribution in [-0.2, 0) is 24.2 Å². The third-order valence-corrected chi connectivity index (χ3v) is 6.40. The predicted octanol–water partition coefficient (Wildman–Crippen LogP) is 3.88. The van der Waals surface area contributed by atoms with E-state index in [1.54, 1.807) is 6.07 Å². The highest BCUT2D eigenvalue weighted by molar-refractivity contribution is 7.12. The highest BCUT2D eigenvalue weighted by Gasteiger charge is 2.36. The number of carbonyl (C=O) groups excluding carboxylic acids is 1. The summed E-state index contributed by atoms with van der Waals surface area (Å²) in [6.07, 6.45) is 4.27. The van der Waals surface area contributed by atoms with Gasteiger partial charge >= 0.3 is 5.97 Å². The maximum atomic E-state index is 11.2. The lowest BCUT2D eigenvalue weighted by atomic mass is 9.74. The Bertz CT molecular complexity index is 827. The molecule has 0 fully saturated rings. The third kappa shape index (κ3) is 2.96. The smallest absolute Gasteiger partial charge is 0.308 e. The van der Waals surface area contributed by atoms with Crippen LogP contribution in [0.4, 0.5) is 0 Å². The normalized spacial score (nSPS) is 21.2. The molecule has 2 aliphatic rings. The fraction of sp³-hybridized carbons (Fsp3) is 0.450. The quantitative estimate of drug-likeness (QED) is 0.646. The molecular weight excluding hydrogens is 334 g/mol. The van der Waals surface area contributed by atoms with Crippen LogP contribution in [0.5, 0.6) is 11.5 Å². The number of hydrogen-bond acceptors (Lipinski definition) is 5. The van der Waals surface area contributed by atoms with Crippen LogP contribution >= 0.6 is 11.3 Å². The first-order chi connectivity index (χ1) is 12.1. The molecule has 1 aliphatic heterocycles. The molecule has 2 heterocycles. The van der Waals surface area contributed by atoms with Crippen LogP contribution < -0.4 is 10.1 Å². The largest absolute Gasteiger partial charge is 0.504 e. The van der Waals surface area contributed by atoms with E-state index in [0.717, 1.165) is 32.2 Å². The highest BCUT2D eigenvalue weighted by Crippen LogP contribution is 2.46. The standard InChI is InChI=1S/C20H23NO3S/c1-3-4-13-8-15-19(25-13)10-21-16-6-5-12-7-18(24-11(2)22)17(23)9-14(12)20(15)16/h7-9,16,20-21,23H,3-6,10H2,1-2H3/t16-,20+/m1/s1. The molecule has 1 aromatic heterocycles. The third-order valence-electron chi connectivity index (χ3n) is 5.19. The van der Waals surface area contributed by atoms with Gasteiger partial charge in [-0.2, -0.15) is 0 Å². The summed E-state index contributed by atoms with van der Waals surface area (Å²) in [5.74, 6) is 0.177. The number of hydrogen-bond donors (Lipinski definition) is 2. The van der Waals surface area contributed by atoms with Crippen molar-refractivity contribution in [3.05, 3.63) is 44.6 Å². The van der Waals surface area contributed by atoms with Gasteiger partial charge in [-0.05, 0) is 54.2 Å². The second kappa shape index (κ2) is 6.46. The van der Waals surface area contributed by atoms with E-state index in [0.29, 0.717) is 6.04 Å². The molecule has 0 bridgehead atoms. The minimum absolute atomic E-state index is 0.0470. The molecule has 0 saturated carbocycles. The fourth-order valence-corrected chi connectivity index (χ4v) is 5.43. The Morgan fingerprint density at radius 3 is 2.96 bits per heavy atom. The Morgan fingerprint density at radius 2 is 2.20 bits per heavy atom. The van der Waals surface area contributed by atoms with Crippen molar-refractivity contribution in [2.45, 2.75) is 58.0 Å². The van der Waals surface area contributed by atoms with E-state index in [9.17, 15) is 9.90 Å². The zero-order valence-corrected chi connectivity index (χ0v) is 15.4. The maximum Gasteiger partial charge on any atom is 0.308 e. The van der Waals surface area contributed by atoms with Gasteiger partial charge in [-0.25, -0.2) is 0 Å². The second-order valence-electron chi connectivity index (χ2n) is 6.96. The van der Waals surface area contributed by atoms with Crippen LogP contribution in [-0.4, -0.2) is 17.1 Å². The summed E-state index contributed by atoms with van der Waals surface area (Å²) in [6.45, 7) is 4.51. The fourth-order valence-electron chi connectivity index (χ4n) is 4.16. The number of rotatable bonds is 3. The van der Waals surface area contributed by atoms with Gasteiger partial charge in [0.2, 0.25) is 0 Å². The molecule has 0 radical (unpaired) electrons. The molecule has 4 nitrogen and oxygen atoms in total. The van der Waals surface area contributed by atoms with Crippen molar-refractivity contribution in [2.24, 2.45) is 0 Å². The molecule has 0 unspecified atom stereocenters. The predicted molar refractivity (Wildman–Crippen MR) is 98.5 cm³/mol. The minimum Gasteiger partial charge on any atom is -0.504 e. The number of phenolic OH excluding ortho intramolecular Hbond substituents is 1. The summed E-state index contributed by atoms with van der Waals surface area (Å²) in [5.41, 5.74) is 3.75. The molecule has 2 N–H and O–H groups in total. The van der Waals surface area contributed by atoms with Gasteiger partial charge in [-0.1, -0.05) is 13.3 Å². The van der Waals surface area contributed by atoms with Gasteiger partial charge in [-0.15, -0.1) is 11.3 Å². The maximum absolute atomic E-state index is 11.2. The highest BCUT2D eigenvalue weighted by atomic mass is 32.1. The van der Waals surface area contributed by atoms with E-state index < -0.39 is 5.97 Å². The lowest BCUT2D eigenvalue weighted by molar-refractivity contribution is -0.132. The molecule has 4 rings (SSSR count). The monoisotopic (exact) mass is 357 g/mol. The average Bonchev–Trinajstić information content (AvgIpc) is 2.98. The van der Waals surface area contributed by atoms with Crippen LogP contribution in [0.25, 0.3) is 0 Å². The number of esters is 1. The van der Waals surface area contributed by atoms with E-state index in [4.69, 9.17) is 4.74 Å². The first kappa shape index (κ1) is 16.6. The number of aryl methyl sites for hydroxylation is 2. The molecule has 1 aromatic carbocycles. The van der Waals surface area contributed by atoms with Crippen molar-refractivity contribution in [3.63, 3.8) is 0 Å². The summed E-state index contributed by atoms with van der Waals surface area (Å²) in [7, 11) is 0. The number of carbonyl (C=O) groups is 1. The lowest BCUT2D eigenvalue weighted by Gasteiger charge is -2.38. The van der Waals surface area contributed by atoms with Gasteiger partial charge in [0.05, 0.1) is 0 Å². The zero-order valence-electron chi connectivity index (χ0n) is 14.6. The van der Waals surface area contributed by atoms with Gasteiger partial charge in [0.15, 0.2) is 11.5 Å². The molecular formula is C20H23NO3S. The van der Waals surface area contributed by atoms with Crippen LogP contribution in [0, 0.1) is 0 Å². The molecule has 5 heteroatoms. The Kier molecular flexibility index (Phi) is 4.29. The Balaban J connectivity index is 1.77. The van der Waals surface area contributed by atoms with Gasteiger partial charge in [0.1, 0.15) is 0 Å². The molecule has 2 atom stereocenters. The van der Waals surface area contributed by atoms with Crippen molar-refractivity contribution in [1.29, 1.82) is 0 Å². The van der Waals surface area contributed by atoms with Crippen molar-refractivity contribution in [1.82, 2.24) is 5.32 Å². The number of ether oxygens (including phenoxy) is 1. The summed E-state index contributed by atoms with van der Waals surface area (Å²) < 4.78 is 5.15. The molecule has 1 aliphatic carbocycles. The van der Waals surface area contributed by atoms with E-state index in [1.807, 2.05) is 17.4 Å². The van der Waals surface area contributed by atoms with E-state index in [-0.39, 0.29) is 17.4 Å². The topological polar surface area (TPSA) is 58.6 Å². The Hall–Kier alpha value is -1.85. The van der Waals surface area contributed by atoms with Crippen LogP contribution in [0.1, 0.15) is 59.1 Å². The Labute approximate surface area is 151 Å². The van der Waals surface area contributed by atoms with Crippen molar-refractivity contribution < 1.29 is 14.6 Å². The first-order valence-corrected chi connectivity index (χ1v) is 9.77. The summed E-state index contributed by atoms with van der Waals surface area (Å²) in [6, 6.07) is 6.42. The zero-order chi connectivity index (χ0) is 17.6. The molecule has 0 spiro atoms. The van der Waals surface area contributed by atoms with E-state index >= 15 is 0 Å². The van der Waals surface area contributed by atoms with Crippen molar-refractivity contribution >= 4 is 17.3 Å². The van der Waals surface area contributed by atoms with E-state index in [2.05, 4.69) is 18.3 Å². The summed E-state index contributed by atoms with van der Waals surface area (Å²) in [5, 5.41) is 14.0. The number of nitrogens with one attached hydrogen (secondary N) is 1. The van der Waals surface area contributed by atoms with Gasteiger partial charge < -0.3 is 15.2 Å². The molecule has 132 valence electrons. The minimum atomic E-state index is -0.410. The second-order valence-corrected chi connectivity index (χ2v) is 8.18. The Morgan fingerprint density at radius 1 is 1.36 bits per heavy atom. The number of aromatic hydroxyl groups is 1. The number of thiophene rings is 1. The number of phenols is 1. The van der Waals surface area contributed by atoms with E-state index in [1.165, 1.54) is 33.4 Å². The molecule has 2 aromatic rings. The lowest BCUT2D eigenvalue weighted by Crippen LogP contribution is -2.42. The van der Waals surface area contributed by atoms with Gasteiger partial charge in [0, 0.05) is 35.2 Å². The number of fused-ring (bicyclic) bond motifs is 5.